The molecular weight excluding hydrogens is 276 g/mol. The molecule has 0 spiro atoms. The van der Waals surface area contributed by atoms with Crippen LogP contribution in [-0.2, 0) is 4.79 Å². The number of amides is 1. The summed E-state index contributed by atoms with van der Waals surface area (Å²) in [6, 6.07) is 5.08. The van der Waals surface area contributed by atoms with Crippen molar-refractivity contribution in [3.05, 3.63) is 23.2 Å². The van der Waals surface area contributed by atoms with Crippen LogP contribution in [0.2, 0.25) is 5.02 Å². The van der Waals surface area contributed by atoms with Gasteiger partial charge in [-0.2, -0.15) is 0 Å². The third kappa shape index (κ3) is 3.57. The Balaban J connectivity index is 2.03. The molecule has 0 aromatic heterocycles. The number of piperidine rings is 1. The molecule has 2 rings (SSSR count). The van der Waals surface area contributed by atoms with E-state index in [1.165, 1.54) is 6.42 Å². The Morgan fingerprint density at radius 3 is 2.70 bits per heavy atom. The molecule has 1 saturated heterocycles. The fraction of sp³-hybridized carbons (Fsp3) is 0.533. The molecule has 0 saturated carbocycles. The molecular formula is C15H21ClN2O2. The zero-order chi connectivity index (χ0) is 14.5. The first kappa shape index (κ1) is 15.0. The van der Waals surface area contributed by atoms with Crippen LogP contribution in [0.5, 0.6) is 5.75 Å². The van der Waals surface area contributed by atoms with Crippen LogP contribution in [0.4, 0.5) is 5.69 Å². The molecule has 1 heterocycles. The number of methoxy groups -OCH3 is 1. The molecule has 110 valence electrons. The number of nitrogens with zero attached hydrogens (tertiary/aromatic N) is 1. The van der Waals surface area contributed by atoms with Crippen LogP contribution in [0.25, 0.3) is 0 Å². The normalized spacial score (nSPS) is 16.6. The Morgan fingerprint density at radius 2 is 2.05 bits per heavy atom. The topological polar surface area (TPSA) is 41.6 Å². The SMILES string of the molecule is COc1ccc(Cl)c(NC(C)C(=O)N2CCCCC2)c1. The van der Waals surface area contributed by atoms with E-state index >= 15 is 0 Å². The van der Waals surface area contributed by atoms with Crippen LogP contribution < -0.4 is 10.1 Å². The maximum Gasteiger partial charge on any atom is 0.244 e. The largest absolute Gasteiger partial charge is 0.497 e. The van der Waals surface area contributed by atoms with Crippen molar-refractivity contribution in [1.29, 1.82) is 0 Å². The third-order valence-corrected chi connectivity index (χ3v) is 3.91. The Hall–Kier alpha value is -1.42. The number of rotatable bonds is 4. The molecule has 1 atom stereocenters. The maximum atomic E-state index is 12.4. The van der Waals surface area contributed by atoms with E-state index in [9.17, 15) is 4.79 Å². The van der Waals surface area contributed by atoms with Gasteiger partial charge in [0.2, 0.25) is 5.91 Å². The molecule has 1 fully saturated rings. The monoisotopic (exact) mass is 296 g/mol. The van der Waals surface area contributed by atoms with Crippen molar-refractivity contribution in [2.45, 2.75) is 32.2 Å². The van der Waals surface area contributed by atoms with Crippen molar-refractivity contribution in [1.82, 2.24) is 4.90 Å². The molecule has 5 heteroatoms. The van der Waals surface area contributed by atoms with E-state index in [-0.39, 0.29) is 11.9 Å². The van der Waals surface area contributed by atoms with Gasteiger partial charge in [-0.3, -0.25) is 4.79 Å². The summed E-state index contributed by atoms with van der Waals surface area (Å²) in [6.45, 7) is 3.58. The zero-order valence-electron chi connectivity index (χ0n) is 12.0. The molecule has 1 aromatic carbocycles. The Kier molecular flexibility index (Phi) is 5.12. The highest BCUT2D eigenvalue weighted by Gasteiger charge is 2.22. The van der Waals surface area contributed by atoms with Crippen molar-refractivity contribution >= 4 is 23.2 Å². The highest BCUT2D eigenvalue weighted by atomic mass is 35.5. The Bertz CT molecular complexity index is 473. The zero-order valence-corrected chi connectivity index (χ0v) is 12.7. The second-order valence-corrected chi connectivity index (χ2v) is 5.50. The van der Waals surface area contributed by atoms with Gasteiger partial charge in [0.1, 0.15) is 11.8 Å². The minimum absolute atomic E-state index is 0.128. The molecule has 4 nitrogen and oxygen atoms in total. The first-order valence-electron chi connectivity index (χ1n) is 7.00. The van der Waals surface area contributed by atoms with Gasteiger partial charge in [-0.15, -0.1) is 0 Å². The van der Waals surface area contributed by atoms with Crippen molar-refractivity contribution in [2.75, 3.05) is 25.5 Å². The van der Waals surface area contributed by atoms with E-state index in [1.807, 2.05) is 17.9 Å². The van der Waals surface area contributed by atoms with Gasteiger partial charge in [0.25, 0.3) is 0 Å². The van der Waals surface area contributed by atoms with Gasteiger partial charge in [0.05, 0.1) is 17.8 Å². The molecule has 1 aromatic rings. The second-order valence-electron chi connectivity index (χ2n) is 5.10. The van der Waals surface area contributed by atoms with Gasteiger partial charge >= 0.3 is 0 Å². The van der Waals surface area contributed by atoms with Crippen molar-refractivity contribution in [3.8, 4) is 5.75 Å². The third-order valence-electron chi connectivity index (χ3n) is 3.58. The van der Waals surface area contributed by atoms with Crippen LogP contribution in [0.1, 0.15) is 26.2 Å². The maximum absolute atomic E-state index is 12.4. The number of halogens is 1. The van der Waals surface area contributed by atoms with Crippen molar-refractivity contribution in [2.24, 2.45) is 0 Å². The average Bonchev–Trinajstić information content (AvgIpc) is 2.49. The van der Waals surface area contributed by atoms with Crippen molar-refractivity contribution in [3.63, 3.8) is 0 Å². The second kappa shape index (κ2) is 6.84. The molecule has 0 bridgehead atoms. The average molecular weight is 297 g/mol. The molecule has 0 aliphatic carbocycles. The van der Waals surface area contributed by atoms with E-state index in [0.29, 0.717) is 5.02 Å². The number of ether oxygens (including phenoxy) is 1. The van der Waals surface area contributed by atoms with Crippen LogP contribution in [0.15, 0.2) is 18.2 Å². The molecule has 20 heavy (non-hydrogen) atoms. The predicted molar refractivity (Wildman–Crippen MR) is 81.5 cm³/mol. The van der Waals surface area contributed by atoms with Gasteiger partial charge in [-0.25, -0.2) is 0 Å². The summed E-state index contributed by atoms with van der Waals surface area (Å²) in [5.74, 6) is 0.845. The lowest BCUT2D eigenvalue weighted by Crippen LogP contribution is -2.43. The molecule has 1 unspecified atom stereocenters. The Morgan fingerprint density at radius 1 is 1.35 bits per heavy atom. The Labute approximate surface area is 125 Å². The lowest BCUT2D eigenvalue weighted by molar-refractivity contribution is -0.132. The highest BCUT2D eigenvalue weighted by molar-refractivity contribution is 6.33. The first-order chi connectivity index (χ1) is 9.61. The minimum atomic E-state index is -0.294. The fourth-order valence-electron chi connectivity index (χ4n) is 2.43. The van der Waals surface area contributed by atoms with E-state index in [0.717, 1.165) is 37.4 Å². The number of carbonyl (C=O) groups is 1. The smallest absolute Gasteiger partial charge is 0.244 e. The van der Waals surface area contributed by atoms with Crippen molar-refractivity contribution < 1.29 is 9.53 Å². The summed E-state index contributed by atoms with van der Waals surface area (Å²) in [7, 11) is 1.61. The van der Waals surface area contributed by atoms with Gasteiger partial charge in [-0.1, -0.05) is 11.6 Å². The predicted octanol–water partition coefficient (Wildman–Crippen LogP) is 3.16. The fourth-order valence-corrected chi connectivity index (χ4v) is 2.60. The molecule has 1 amide bonds. The lowest BCUT2D eigenvalue weighted by atomic mass is 10.1. The van der Waals surface area contributed by atoms with E-state index in [2.05, 4.69) is 5.32 Å². The van der Waals surface area contributed by atoms with Crippen LogP contribution >= 0.6 is 11.6 Å². The van der Waals surface area contributed by atoms with Gasteiger partial charge in [0.15, 0.2) is 0 Å². The number of likely N-dealkylation sites (tertiary alicyclic amines) is 1. The van der Waals surface area contributed by atoms with Gasteiger partial charge in [-0.05, 0) is 38.3 Å². The van der Waals surface area contributed by atoms with E-state index < -0.39 is 0 Å². The number of benzene rings is 1. The van der Waals surface area contributed by atoms with Crippen LogP contribution in [-0.4, -0.2) is 37.0 Å². The molecule has 1 aliphatic rings. The number of hydrogen-bond acceptors (Lipinski definition) is 3. The standard InChI is InChI=1S/C15H21ClN2O2/c1-11(15(19)18-8-4-3-5-9-18)17-14-10-12(20-2)6-7-13(14)16/h6-7,10-11,17H,3-5,8-9H2,1-2H3. The van der Waals surface area contributed by atoms with Crippen LogP contribution in [0, 0.1) is 0 Å². The van der Waals surface area contributed by atoms with Gasteiger partial charge in [0, 0.05) is 19.2 Å². The number of nitrogens with one attached hydrogen (secondary N) is 1. The van der Waals surface area contributed by atoms with E-state index in [4.69, 9.17) is 16.3 Å². The molecule has 1 N–H and O–H groups in total. The molecule has 1 aliphatic heterocycles. The summed E-state index contributed by atoms with van der Waals surface area (Å²) >= 11 is 6.14. The first-order valence-corrected chi connectivity index (χ1v) is 7.38. The molecule has 0 radical (unpaired) electrons. The summed E-state index contributed by atoms with van der Waals surface area (Å²) in [5.41, 5.74) is 0.726. The number of anilines is 1. The minimum Gasteiger partial charge on any atom is -0.497 e. The summed E-state index contributed by atoms with van der Waals surface area (Å²) in [5, 5.41) is 3.77. The summed E-state index contributed by atoms with van der Waals surface area (Å²) < 4.78 is 5.17. The highest BCUT2D eigenvalue weighted by Crippen LogP contribution is 2.27. The number of carbonyl (C=O) groups excluding carboxylic acids is 1. The van der Waals surface area contributed by atoms with Gasteiger partial charge < -0.3 is 15.0 Å². The van der Waals surface area contributed by atoms with E-state index in [1.54, 1.807) is 19.2 Å². The summed E-state index contributed by atoms with van der Waals surface area (Å²) in [6.07, 6.45) is 3.41. The lowest BCUT2D eigenvalue weighted by Gasteiger charge is -2.30. The number of hydrogen-bond donors (Lipinski definition) is 1. The quantitative estimate of drug-likeness (QED) is 0.928. The van der Waals surface area contributed by atoms with Crippen LogP contribution in [0.3, 0.4) is 0 Å². The summed E-state index contributed by atoms with van der Waals surface area (Å²) in [4.78, 5) is 14.3.